The van der Waals surface area contributed by atoms with Crippen LogP contribution in [-0.4, -0.2) is 0 Å². The minimum Gasteiger partial charge on any atom is -0.381 e. The van der Waals surface area contributed by atoms with Crippen molar-refractivity contribution in [2.75, 3.05) is 5.32 Å². The molecule has 0 fully saturated rings. The molecule has 0 aliphatic carbocycles. The molecule has 18 heavy (non-hydrogen) atoms. The maximum atomic E-state index is 13.4. The molecule has 0 bridgehead atoms. The third-order valence-corrected chi connectivity index (χ3v) is 3.68. The Labute approximate surface area is 117 Å². The number of halogens is 4. The van der Waals surface area contributed by atoms with Crippen molar-refractivity contribution in [3.8, 4) is 0 Å². The van der Waals surface area contributed by atoms with Crippen LogP contribution in [0.15, 0.2) is 40.9 Å². The second-order valence-corrected chi connectivity index (χ2v) is 4.94. The van der Waals surface area contributed by atoms with E-state index in [9.17, 15) is 8.78 Å². The van der Waals surface area contributed by atoms with Crippen molar-refractivity contribution < 1.29 is 8.78 Å². The summed E-state index contributed by atoms with van der Waals surface area (Å²) >= 11 is 9.19. The fourth-order valence-corrected chi connectivity index (χ4v) is 1.92. The molecule has 0 saturated carbocycles. The molecule has 0 heterocycles. The van der Waals surface area contributed by atoms with Crippen molar-refractivity contribution in [1.29, 1.82) is 0 Å². The number of hydrogen-bond acceptors (Lipinski definition) is 1. The lowest BCUT2D eigenvalue weighted by molar-refractivity contribution is 0.560. The highest BCUT2D eigenvalue weighted by atomic mass is 79.9. The second kappa shape index (κ2) is 5.67. The van der Waals surface area contributed by atoms with E-state index in [1.165, 1.54) is 18.2 Å². The largest absolute Gasteiger partial charge is 0.381 e. The minimum atomic E-state index is -0.564. The van der Waals surface area contributed by atoms with E-state index in [1.807, 2.05) is 0 Å². The average molecular weight is 333 g/mol. The Balaban J connectivity index is 2.14. The van der Waals surface area contributed by atoms with Gasteiger partial charge in [0, 0.05) is 22.3 Å². The SMILES string of the molecule is Fc1cccc(F)c1CNc1ccc(Br)c(Cl)c1. The van der Waals surface area contributed by atoms with Crippen LogP contribution >= 0.6 is 27.5 Å². The lowest BCUT2D eigenvalue weighted by Crippen LogP contribution is -2.04. The fraction of sp³-hybridized carbons (Fsp3) is 0.0769. The van der Waals surface area contributed by atoms with Crippen molar-refractivity contribution in [2.24, 2.45) is 0 Å². The zero-order valence-corrected chi connectivity index (χ0v) is 11.5. The zero-order chi connectivity index (χ0) is 13.1. The van der Waals surface area contributed by atoms with Crippen molar-refractivity contribution in [1.82, 2.24) is 0 Å². The van der Waals surface area contributed by atoms with E-state index < -0.39 is 11.6 Å². The van der Waals surface area contributed by atoms with Crippen molar-refractivity contribution in [2.45, 2.75) is 6.54 Å². The Morgan fingerprint density at radius 1 is 1.11 bits per heavy atom. The van der Waals surface area contributed by atoms with Gasteiger partial charge < -0.3 is 5.32 Å². The van der Waals surface area contributed by atoms with Gasteiger partial charge in [-0.3, -0.25) is 0 Å². The molecule has 2 aromatic rings. The molecule has 0 aliphatic rings. The molecule has 0 unspecified atom stereocenters. The Morgan fingerprint density at radius 2 is 1.78 bits per heavy atom. The van der Waals surface area contributed by atoms with Crippen LogP contribution in [0.5, 0.6) is 0 Å². The van der Waals surface area contributed by atoms with Crippen molar-refractivity contribution >= 4 is 33.2 Å². The molecule has 1 N–H and O–H groups in total. The Morgan fingerprint density at radius 3 is 2.39 bits per heavy atom. The van der Waals surface area contributed by atoms with Gasteiger partial charge in [-0.05, 0) is 46.3 Å². The summed E-state index contributed by atoms with van der Waals surface area (Å²) in [6.45, 7) is 0.0659. The number of hydrogen-bond donors (Lipinski definition) is 1. The van der Waals surface area contributed by atoms with Crippen molar-refractivity contribution in [3.05, 3.63) is 63.1 Å². The van der Waals surface area contributed by atoms with E-state index in [0.29, 0.717) is 10.7 Å². The van der Waals surface area contributed by atoms with E-state index in [0.717, 1.165) is 4.47 Å². The zero-order valence-electron chi connectivity index (χ0n) is 9.18. The molecule has 1 nitrogen and oxygen atoms in total. The Kier molecular flexibility index (Phi) is 4.19. The highest BCUT2D eigenvalue weighted by Gasteiger charge is 2.08. The molecular weight excluding hydrogens is 324 g/mol. The van der Waals surface area contributed by atoms with Gasteiger partial charge in [-0.1, -0.05) is 17.7 Å². The first-order valence-electron chi connectivity index (χ1n) is 5.20. The van der Waals surface area contributed by atoms with Crippen LogP contribution in [-0.2, 0) is 6.54 Å². The van der Waals surface area contributed by atoms with E-state index in [2.05, 4.69) is 21.2 Å². The summed E-state index contributed by atoms with van der Waals surface area (Å²) in [4.78, 5) is 0. The second-order valence-electron chi connectivity index (χ2n) is 3.68. The maximum Gasteiger partial charge on any atom is 0.131 e. The number of rotatable bonds is 3. The monoisotopic (exact) mass is 331 g/mol. The molecule has 0 radical (unpaired) electrons. The molecule has 94 valence electrons. The molecule has 0 saturated heterocycles. The van der Waals surface area contributed by atoms with Gasteiger partial charge in [-0.25, -0.2) is 8.78 Å². The molecule has 0 atom stereocenters. The molecule has 2 rings (SSSR count). The first-order chi connectivity index (χ1) is 8.58. The summed E-state index contributed by atoms with van der Waals surface area (Å²) in [5.41, 5.74) is 0.711. The molecule has 0 amide bonds. The van der Waals surface area contributed by atoms with Crippen molar-refractivity contribution in [3.63, 3.8) is 0 Å². The summed E-state index contributed by atoms with van der Waals surface area (Å²) in [7, 11) is 0. The molecule has 0 aromatic heterocycles. The summed E-state index contributed by atoms with van der Waals surface area (Å²) < 4.78 is 27.5. The highest BCUT2D eigenvalue weighted by molar-refractivity contribution is 9.10. The summed E-state index contributed by atoms with van der Waals surface area (Å²) in [6.07, 6.45) is 0. The summed E-state index contributed by atoms with van der Waals surface area (Å²) in [5.74, 6) is -1.13. The van der Waals surface area contributed by atoms with E-state index >= 15 is 0 Å². The molecule has 0 aliphatic heterocycles. The lowest BCUT2D eigenvalue weighted by Gasteiger charge is -2.09. The van der Waals surface area contributed by atoms with Crippen LogP contribution in [0.1, 0.15) is 5.56 Å². The van der Waals surface area contributed by atoms with Crippen LogP contribution in [0.25, 0.3) is 0 Å². The van der Waals surface area contributed by atoms with Crippen LogP contribution in [0.3, 0.4) is 0 Å². The van der Waals surface area contributed by atoms with Gasteiger partial charge in [-0.2, -0.15) is 0 Å². The normalized spacial score (nSPS) is 10.4. The third-order valence-electron chi connectivity index (χ3n) is 2.45. The summed E-state index contributed by atoms with van der Waals surface area (Å²) in [5, 5.41) is 3.46. The minimum absolute atomic E-state index is 0.0107. The van der Waals surface area contributed by atoms with Gasteiger partial charge in [-0.15, -0.1) is 0 Å². The molecular formula is C13H9BrClF2N. The van der Waals surface area contributed by atoms with E-state index in [4.69, 9.17) is 11.6 Å². The Bertz CT molecular complexity index is 555. The molecule has 2 aromatic carbocycles. The first-order valence-corrected chi connectivity index (χ1v) is 6.37. The van der Waals surface area contributed by atoms with Gasteiger partial charge in [0.2, 0.25) is 0 Å². The first kappa shape index (κ1) is 13.3. The van der Waals surface area contributed by atoms with Gasteiger partial charge in [0.15, 0.2) is 0 Å². The molecule has 0 spiro atoms. The highest BCUT2D eigenvalue weighted by Crippen LogP contribution is 2.26. The predicted octanol–water partition coefficient (Wildman–Crippen LogP) is 4.99. The number of benzene rings is 2. The van der Waals surface area contributed by atoms with Gasteiger partial charge in [0.25, 0.3) is 0 Å². The standard InChI is InChI=1S/C13H9BrClF2N/c14-10-5-4-8(6-11(10)15)18-7-9-12(16)2-1-3-13(9)17/h1-6,18H,7H2. The fourth-order valence-electron chi connectivity index (χ4n) is 1.50. The smallest absolute Gasteiger partial charge is 0.131 e. The number of nitrogens with one attached hydrogen (secondary N) is 1. The van der Waals surface area contributed by atoms with Crippen LogP contribution in [0.4, 0.5) is 14.5 Å². The van der Waals surface area contributed by atoms with Gasteiger partial charge in [0.05, 0.1) is 5.02 Å². The van der Waals surface area contributed by atoms with Gasteiger partial charge >= 0.3 is 0 Å². The topological polar surface area (TPSA) is 12.0 Å². The van der Waals surface area contributed by atoms with Crippen LogP contribution < -0.4 is 5.32 Å². The average Bonchev–Trinajstić information content (AvgIpc) is 2.33. The predicted molar refractivity (Wildman–Crippen MR) is 72.8 cm³/mol. The van der Waals surface area contributed by atoms with Crippen LogP contribution in [0, 0.1) is 11.6 Å². The molecule has 5 heteroatoms. The third kappa shape index (κ3) is 3.00. The van der Waals surface area contributed by atoms with Gasteiger partial charge in [0.1, 0.15) is 11.6 Å². The number of anilines is 1. The maximum absolute atomic E-state index is 13.4. The quantitative estimate of drug-likeness (QED) is 0.834. The van der Waals surface area contributed by atoms with E-state index in [-0.39, 0.29) is 12.1 Å². The van der Waals surface area contributed by atoms with E-state index in [1.54, 1.807) is 18.2 Å². The Hall–Kier alpha value is -1.13. The lowest BCUT2D eigenvalue weighted by atomic mass is 10.2. The van der Waals surface area contributed by atoms with Crippen LogP contribution in [0.2, 0.25) is 5.02 Å². The summed E-state index contributed by atoms with van der Waals surface area (Å²) in [6, 6.07) is 9.02.